The topological polar surface area (TPSA) is 54.4 Å². The van der Waals surface area contributed by atoms with Crippen molar-refractivity contribution in [2.45, 2.75) is 13.0 Å². The summed E-state index contributed by atoms with van der Waals surface area (Å²) in [4.78, 5) is 21.1. The summed E-state index contributed by atoms with van der Waals surface area (Å²) in [5.41, 5.74) is 3.79. The highest BCUT2D eigenvalue weighted by molar-refractivity contribution is 8.16. The summed E-state index contributed by atoms with van der Waals surface area (Å²) in [5, 5.41) is 3.65. The van der Waals surface area contributed by atoms with E-state index in [0.29, 0.717) is 30.5 Å². The zero-order valence-corrected chi connectivity index (χ0v) is 19.7. The molecule has 32 heavy (non-hydrogen) atoms. The van der Waals surface area contributed by atoms with Crippen molar-refractivity contribution in [2.24, 2.45) is 4.99 Å². The molecule has 0 radical (unpaired) electrons. The monoisotopic (exact) mass is 491 g/mol. The van der Waals surface area contributed by atoms with E-state index in [4.69, 9.17) is 21.1 Å². The Balaban J connectivity index is 0.00000245. The Morgan fingerprint density at radius 2 is 2.06 bits per heavy atom. The number of hydrogen-bond donors (Lipinski definition) is 0. The Hall–Kier alpha value is -2.19. The first-order valence-corrected chi connectivity index (χ1v) is 11.5. The van der Waals surface area contributed by atoms with Crippen LogP contribution in [-0.4, -0.2) is 48.8 Å². The summed E-state index contributed by atoms with van der Waals surface area (Å²) in [6.07, 6.45) is 0.724. The average molecular weight is 492 g/mol. The number of hydrogen-bond acceptors (Lipinski definition) is 6. The molecule has 0 bridgehead atoms. The predicted molar refractivity (Wildman–Crippen MR) is 132 cm³/mol. The highest BCUT2D eigenvalue weighted by Gasteiger charge is 2.33. The molecule has 0 unspecified atom stereocenters. The second kappa shape index (κ2) is 10.2. The zero-order valence-electron chi connectivity index (χ0n) is 17.3. The van der Waals surface area contributed by atoms with Gasteiger partial charge in [-0.1, -0.05) is 53.7 Å². The molecule has 168 valence electrons. The van der Waals surface area contributed by atoms with Crippen LogP contribution in [0.25, 0.3) is 5.70 Å². The third-order valence-electron chi connectivity index (χ3n) is 5.39. The molecular formula is C23H23Cl2N3O3S. The van der Waals surface area contributed by atoms with Crippen LogP contribution in [0.2, 0.25) is 5.02 Å². The summed E-state index contributed by atoms with van der Waals surface area (Å²) < 4.78 is 11.7. The third-order valence-corrected chi connectivity index (χ3v) is 6.51. The molecule has 0 aliphatic carbocycles. The second-order valence-corrected chi connectivity index (χ2v) is 8.74. The molecule has 0 spiro atoms. The Kier molecular flexibility index (Phi) is 7.30. The van der Waals surface area contributed by atoms with Crippen molar-refractivity contribution >= 4 is 58.2 Å². The van der Waals surface area contributed by atoms with E-state index in [1.54, 1.807) is 16.7 Å². The van der Waals surface area contributed by atoms with Gasteiger partial charge in [0.05, 0.1) is 24.5 Å². The van der Waals surface area contributed by atoms with Gasteiger partial charge >= 0.3 is 0 Å². The molecule has 5 rings (SSSR count). The summed E-state index contributed by atoms with van der Waals surface area (Å²) in [7, 11) is 0. The lowest BCUT2D eigenvalue weighted by Gasteiger charge is -2.32. The van der Waals surface area contributed by atoms with Crippen LogP contribution in [0.5, 0.6) is 5.75 Å². The van der Waals surface area contributed by atoms with Crippen molar-refractivity contribution in [1.29, 1.82) is 0 Å². The van der Waals surface area contributed by atoms with Crippen LogP contribution in [0, 0.1) is 0 Å². The molecule has 0 saturated carbocycles. The van der Waals surface area contributed by atoms with Gasteiger partial charge in [-0.2, -0.15) is 0 Å². The Morgan fingerprint density at radius 3 is 2.91 bits per heavy atom. The van der Waals surface area contributed by atoms with Crippen LogP contribution < -0.4 is 9.64 Å². The van der Waals surface area contributed by atoms with Crippen molar-refractivity contribution in [3.63, 3.8) is 0 Å². The van der Waals surface area contributed by atoms with Crippen molar-refractivity contribution < 1.29 is 14.3 Å². The number of fused-ring (bicyclic) bond motifs is 2. The molecule has 3 heterocycles. The molecule has 2 aromatic carbocycles. The standard InChI is InChI=1S/C23H22ClN3O3S.ClH/c24-17-11-18(20-15-31-23-25-7-9-27(20)23)22-19(12-17)26(21(28)14-30-22)8-4-10-29-13-16-5-2-1-3-6-16;/h1-3,5-6,11-12,15H,4,7-10,13-14H2;1H. The highest BCUT2D eigenvalue weighted by atomic mass is 35.5. The summed E-state index contributed by atoms with van der Waals surface area (Å²) >= 11 is 8.08. The number of thioether (sulfide) groups is 1. The van der Waals surface area contributed by atoms with Gasteiger partial charge in [-0.3, -0.25) is 9.79 Å². The lowest BCUT2D eigenvalue weighted by Crippen LogP contribution is -2.40. The number of amidine groups is 1. The van der Waals surface area contributed by atoms with Crippen molar-refractivity contribution in [2.75, 3.05) is 37.7 Å². The number of carbonyl (C=O) groups is 1. The predicted octanol–water partition coefficient (Wildman–Crippen LogP) is 4.81. The SMILES string of the molecule is Cl.O=C1COc2c(C3=CSC4=NCCN34)cc(Cl)cc2N1CCCOCc1ccccc1. The molecule has 1 amide bonds. The quantitative estimate of drug-likeness (QED) is 0.520. The minimum atomic E-state index is -0.0676. The Morgan fingerprint density at radius 1 is 1.22 bits per heavy atom. The maximum Gasteiger partial charge on any atom is 0.265 e. The van der Waals surface area contributed by atoms with E-state index < -0.39 is 0 Å². The molecule has 0 N–H and O–H groups in total. The minimum absolute atomic E-state index is 0. The Bertz CT molecular complexity index is 1060. The van der Waals surface area contributed by atoms with Gasteiger partial charge in [0.1, 0.15) is 0 Å². The molecular weight excluding hydrogens is 469 g/mol. The van der Waals surface area contributed by atoms with E-state index in [0.717, 1.165) is 47.2 Å². The van der Waals surface area contributed by atoms with Crippen LogP contribution >= 0.6 is 35.8 Å². The summed E-state index contributed by atoms with van der Waals surface area (Å²) in [6, 6.07) is 13.8. The smallest absolute Gasteiger partial charge is 0.265 e. The van der Waals surface area contributed by atoms with E-state index in [2.05, 4.69) is 15.3 Å². The summed E-state index contributed by atoms with van der Waals surface area (Å²) in [5.74, 6) is 0.635. The van der Waals surface area contributed by atoms with Crippen molar-refractivity contribution in [3.8, 4) is 5.75 Å². The number of amides is 1. The number of rotatable bonds is 7. The zero-order chi connectivity index (χ0) is 21.2. The van der Waals surface area contributed by atoms with Gasteiger partial charge in [0.2, 0.25) is 0 Å². The lowest BCUT2D eigenvalue weighted by atomic mass is 10.1. The maximum atomic E-state index is 12.6. The van der Waals surface area contributed by atoms with Crippen LogP contribution in [0.15, 0.2) is 52.9 Å². The fourth-order valence-corrected chi connectivity index (χ4v) is 5.10. The number of ether oxygens (including phenoxy) is 2. The van der Waals surface area contributed by atoms with E-state index in [1.165, 1.54) is 0 Å². The van der Waals surface area contributed by atoms with E-state index >= 15 is 0 Å². The number of halogens is 2. The lowest BCUT2D eigenvalue weighted by molar-refractivity contribution is -0.121. The molecule has 6 nitrogen and oxygen atoms in total. The van der Waals surface area contributed by atoms with Crippen molar-refractivity contribution in [1.82, 2.24) is 4.90 Å². The fourth-order valence-electron chi connectivity index (χ4n) is 3.93. The molecule has 0 atom stereocenters. The number of anilines is 1. The van der Waals surface area contributed by atoms with Crippen molar-refractivity contribution in [3.05, 3.63) is 64.0 Å². The normalized spacial score (nSPS) is 16.7. The summed E-state index contributed by atoms with van der Waals surface area (Å²) in [6.45, 7) is 3.34. The molecule has 9 heteroatoms. The largest absolute Gasteiger partial charge is 0.481 e. The Labute approximate surface area is 202 Å². The van der Waals surface area contributed by atoms with E-state index in [9.17, 15) is 4.79 Å². The van der Waals surface area contributed by atoms with Gasteiger partial charge < -0.3 is 19.3 Å². The van der Waals surface area contributed by atoms with Gasteiger partial charge in [0.25, 0.3) is 5.91 Å². The minimum Gasteiger partial charge on any atom is -0.481 e. The number of nitrogens with zero attached hydrogens (tertiary/aromatic N) is 3. The van der Waals surface area contributed by atoms with Crippen LogP contribution in [0.3, 0.4) is 0 Å². The van der Waals surface area contributed by atoms with Crippen LogP contribution in [0.1, 0.15) is 17.5 Å². The van der Waals surface area contributed by atoms with E-state index in [-0.39, 0.29) is 24.9 Å². The highest BCUT2D eigenvalue weighted by Crippen LogP contribution is 2.45. The van der Waals surface area contributed by atoms with Gasteiger partial charge in [0.15, 0.2) is 17.5 Å². The molecule has 2 aromatic rings. The molecule has 3 aliphatic heterocycles. The average Bonchev–Trinajstić information content (AvgIpc) is 3.39. The third kappa shape index (κ3) is 4.62. The first-order chi connectivity index (χ1) is 15.2. The fraction of sp³-hybridized carbons (Fsp3) is 0.304. The first kappa shape index (κ1) is 23.0. The van der Waals surface area contributed by atoms with Crippen LogP contribution in [-0.2, 0) is 16.1 Å². The van der Waals surface area contributed by atoms with Gasteiger partial charge in [-0.25, -0.2) is 0 Å². The number of carbonyl (C=O) groups excluding carboxylic acids is 1. The maximum absolute atomic E-state index is 12.6. The second-order valence-electron chi connectivity index (χ2n) is 7.46. The number of benzene rings is 2. The molecule has 0 fully saturated rings. The van der Waals surface area contributed by atoms with Gasteiger partial charge in [0, 0.05) is 35.7 Å². The molecule has 0 aromatic heterocycles. The molecule has 3 aliphatic rings. The molecule has 0 saturated heterocycles. The van der Waals surface area contributed by atoms with Gasteiger partial charge in [-0.05, 0) is 24.1 Å². The van der Waals surface area contributed by atoms with Gasteiger partial charge in [-0.15, -0.1) is 12.4 Å². The van der Waals surface area contributed by atoms with E-state index in [1.807, 2.05) is 42.5 Å². The first-order valence-electron chi connectivity index (χ1n) is 10.3. The van der Waals surface area contributed by atoms with Crippen LogP contribution in [0.4, 0.5) is 5.69 Å². The number of aliphatic imine (C=N–C) groups is 1.